The molecule has 0 saturated heterocycles. The number of carbonyl (C=O) groups is 1. The Kier molecular flexibility index (Phi) is 5.28. The van der Waals surface area contributed by atoms with Crippen molar-refractivity contribution in [3.8, 4) is 0 Å². The van der Waals surface area contributed by atoms with Crippen LogP contribution in [0.15, 0.2) is 55.0 Å². The molecule has 0 bridgehead atoms. The van der Waals surface area contributed by atoms with Crippen LogP contribution in [0.3, 0.4) is 0 Å². The molecule has 0 aliphatic carbocycles. The summed E-state index contributed by atoms with van der Waals surface area (Å²) in [6, 6.07) is 10.2. The van der Waals surface area contributed by atoms with E-state index < -0.39 is 0 Å². The van der Waals surface area contributed by atoms with Crippen molar-refractivity contribution in [3.63, 3.8) is 0 Å². The fraction of sp³-hybridized carbons (Fsp3) is 0.167. The zero-order valence-corrected chi connectivity index (χ0v) is 13.7. The highest BCUT2D eigenvalue weighted by molar-refractivity contribution is 7.15. The maximum atomic E-state index is 12.9. The fourth-order valence-electron chi connectivity index (χ4n) is 2.24. The molecule has 24 heavy (non-hydrogen) atoms. The van der Waals surface area contributed by atoms with Crippen molar-refractivity contribution < 1.29 is 9.18 Å². The second kappa shape index (κ2) is 7.79. The monoisotopic (exact) mass is 341 g/mol. The van der Waals surface area contributed by atoms with E-state index in [-0.39, 0.29) is 11.7 Å². The van der Waals surface area contributed by atoms with Gasteiger partial charge in [0, 0.05) is 36.3 Å². The molecule has 6 heteroatoms. The van der Waals surface area contributed by atoms with Gasteiger partial charge in [-0.3, -0.25) is 9.78 Å². The third-order valence-corrected chi connectivity index (χ3v) is 4.37. The van der Waals surface area contributed by atoms with Gasteiger partial charge in [0.15, 0.2) is 5.13 Å². The van der Waals surface area contributed by atoms with Crippen molar-refractivity contribution in [1.82, 2.24) is 9.97 Å². The Morgan fingerprint density at radius 2 is 1.96 bits per heavy atom. The summed E-state index contributed by atoms with van der Waals surface area (Å²) < 4.78 is 12.9. The smallest absolute Gasteiger partial charge is 0.226 e. The molecule has 2 aromatic heterocycles. The van der Waals surface area contributed by atoms with Crippen LogP contribution in [0.25, 0.3) is 0 Å². The van der Waals surface area contributed by atoms with E-state index in [1.165, 1.54) is 23.5 Å². The predicted octanol–water partition coefficient (Wildman–Crippen LogP) is 3.84. The van der Waals surface area contributed by atoms with E-state index in [0.717, 1.165) is 16.0 Å². The van der Waals surface area contributed by atoms with E-state index in [1.807, 2.05) is 12.1 Å². The minimum atomic E-state index is -0.246. The van der Waals surface area contributed by atoms with Gasteiger partial charge in [-0.1, -0.05) is 18.2 Å². The molecule has 122 valence electrons. The number of anilines is 1. The van der Waals surface area contributed by atoms with Gasteiger partial charge in [-0.25, -0.2) is 9.37 Å². The standard InChI is InChI=1S/C18H16FN3OS/c19-15-6-3-13(4-7-15)10-16-12-21-18(24-16)22-17(23)8-5-14-2-1-9-20-11-14/h1-4,6-7,9,11-12H,5,8,10H2,(H,21,22,23). The predicted molar refractivity (Wildman–Crippen MR) is 92.5 cm³/mol. The van der Waals surface area contributed by atoms with Crippen molar-refractivity contribution in [1.29, 1.82) is 0 Å². The summed E-state index contributed by atoms with van der Waals surface area (Å²) in [7, 11) is 0. The number of rotatable bonds is 6. The number of aryl methyl sites for hydroxylation is 1. The molecule has 0 aliphatic rings. The van der Waals surface area contributed by atoms with Gasteiger partial charge in [-0.15, -0.1) is 11.3 Å². The molecule has 3 rings (SSSR count). The number of carbonyl (C=O) groups excluding carboxylic acids is 1. The largest absolute Gasteiger partial charge is 0.302 e. The molecule has 1 N–H and O–H groups in total. The van der Waals surface area contributed by atoms with Crippen molar-refractivity contribution in [2.45, 2.75) is 19.3 Å². The summed E-state index contributed by atoms with van der Waals surface area (Å²) in [5.74, 6) is -0.314. The molecule has 0 aliphatic heterocycles. The SMILES string of the molecule is O=C(CCc1cccnc1)Nc1ncc(Cc2ccc(F)cc2)s1. The van der Waals surface area contributed by atoms with E-state index >= 15 is 0 Å². The van der Waals surface area contributed by atoms with Crippen molar-refractivity contribution in [2.75, 3.05) is 5.32 Å². The maximum absolute atomic E-state index is 12.9. The van der Waals surface area contributed by atoms with Crippen LogP contribution in [0.5, 0.6) is 0 Å². The summed E-state index contributed by atoms with van der Waals surface area (Å²) in [5.41, 5.74) is 2.04. The molecule has 0 fully saturated rings. The maximum Gasteiger partial charge on any atom is 0.226 e. The number of hydrogen-bond donors (Lipinski definition) is 1. The second-order valence-electron chi connectivity index (χ2n) is 5.34. The Labute approximate surface area is 143 Å². The van der Waals surface area contributed by atoms with E-state index in [1.54, 1.807) is 30.7 Å². The van der Waals surface area contributed by atoms with Gasteiger partial charge in [0.2, 0.25) is 5.91 Å². The van der Waals surface area contributed by atoms with Crippen LogP contribution in [-0.4, -0.2) is 15.9 Å². The minimum Gasteiger partial charge on any atom is -0.302 e. The van der Waals surface area contributed by atoms with E-state index in [4.69, 9.17) is 0 Å². The highest BCUT2D eigenvalue weighted by Gasteiger charge is 2.08. The average Bonchev–Trinajstić information content (AvgIpc) is 3.03. The summed E-state index contributed by atoms with van der Waals surface area (Å²) in [5, 5.41) is 3.40. The number of benzene rings is 1. The van der Waals surface area contributed by atoms with Gasteiger partial charge in [-0.05, 0) is 35.7 Å². The molecule has 1 amide bonds. The van der Waals surface area contributed by atoms with Crippen molar-refractivity contribution in [2.24, 2.45) is 0 Å². The fourth-order valence-corrected chi connectivity index (χ4v) is 3.10. The highest BCUT2D eigenvalue weighted by atomic mass is 32.1. The Morgan fingerprint density at radius 1 is 1.12 bits per heavy atom. The van der Waals surface area contributed by atoms with Gasteiger partial charge in [-0.2, -0.15) is 0 Å². The van der Waals surface area contributed by atoms with E-state index in [9.17, 15) is 9.18 Å². The number of pyridine rings is 1. The minimum absolute atomic E-state index is 0.0680. The number of nitrogens with zero attached hydrogens (tertiary/aromatic N) is 2. The lowest BCUT2D eigenvalue weighted by molar-refractivity contribution is -0.116. The molecule has 3 aromatic rings. The zero-order chi connectivity index (χ0) is 16.8. The third-order valence-electron chi connectivity index (χ3n) is 3.46. The molecule has 1 aromatic carbocycles. The van der Waals surface area contributed by atoms with Crippen molar-refractivity contribution >= 4 is 22.4 Å². The normalized spacial score (nSPS) is 10.5. The molecular weight excluding hydrogens is 325 g/mol. The van der Waals surface area contributed by atoms with Gasteiger partial charge in [0.25, 0.3) is 0 Å². The number of hydrogen-bond acceptors (Lipinski definition) is 4. The zero-order valence-electron chi connectivity index (χ0n) is 12.9. The third kappa shape index (κ3) is 4.70. The molecule has 0 unspecified atom stereocenters. The van der Waals surface area contributed by atoms with E-state index in [2.05, 4.69) is 15.3 Å². The number of thiazole rings is 1. The van der Waals surface area contributed by atoms with Crippen LogP contribution in [-0.2, 0) is 17.6 Å². The summed E-state index contributed by atoms with van der Waals surface area (Å²) >= 11 is 1.43. The van der Waals surface area contributed by atoms with Crippen molar-refractivity contribution in [3.05, 3.63) is 76.8 Å². The lowest BCUT2D eigenvalue weighted by atomic mass is 10.1. The molecule has 0 atom stereocenters. The molecule has 0 radical (unpaired) electrons. The van der Waals surface area contributed by atoms with Gasteiger partial charge in [0.1, 0.15) is 5.82 Å². The first-order valence-corrected chi connectivity index (χ1v) is 8.38. The first kappa shape index (κ1) is 16.3. The Hall–Kier alpha value is -2.60. The molecule has 0 saturated carbocycles. The number of amides is 1. The number of aromatic nitrogens is 2. The number of halogens is 1. The van der Waals surface area contributed by atoms with Gasteiger partial charge >= 0.3 is 0 Å². The first-order valence-electron chi connectivity index (χ1n) is 7.57. The molecule has 2 heterocycles. The molecular formula is C18H16FN3OS. The van der Waals surface area contributed by atoms with Crippen LogP contribution in [0, 0.1) is 5.82 Å². The highest BCUT2D eigenvalue weighted by Crippen LogP contribution is 2.21. The van der Waals surface area contributed by atoms with Crippen LogP contribution in [0.2, 0.25) is 0 Å². The summed E-state index contributed by atoms with van der Waals surface area (Å²) in [6.45, 7) is 0. The van der Waals surface area contributed by atoms with Gasteiger partial charge < -0.3 is 5.32 Å². The molecule has 0 spiro atoms. The number of nitrogens with one attached hydrogen (secondary N) is 1. The van der Waals surface area contributed by atoms with E-state index in [0.29, 0.717) is 24.4 Å². The lowest BCUT2D eigenvalue weighted by Gasteiger charge is -2.01. The van der Waals surface area contributed by atoms with Crippen LogP contribution in [0.4, 0.5) is 9.52 Å². The average molecular weight is 341 g/mol. The Balaban J connectivity index is 1.51. The molecule has 4 nitrogen and oxygen atoms in total. The topological polar surface area (TPSA) is 54.9 Å². The Bertz CT molecular complexity index is 803. The lowest BCUT2D eigenvalue weighted by Crippen LogP contribution is -2.12. The summed E-state index contributed by atoms with van der Waals surface area (Å²) in [4.78, 5) is 21.3. The van der Waals surface area contributed by atoms with Crippen LogP contribution < -0.4 is 5.32 Å². The van der Waals surface area contributed by atoms with Crippen LogP contribution >= 0.6 is 11.3 Å². The first-order chi connectivity index (χ1) is 11.7. The second-order valence-corrected chi connectivity index (χ2v) is 6.46. The Morgan fingerprint density at radius 3 is 2.71 bits per heavy atom. The van der Waals surface area contributed by atoms with Gasteiger partial charge in [0.05, 0.1) is 0 Å². The van der Waals surface area contributed by atoms with Crippen LogP contribution in [0.1, 0.15) is 22.4 Å². The summed E-state index contributed by atoms with van der Waals surface area (Å²) in [6.07, 6.45) is 6.92. The quantitative estimate of drug-likeness (QED) is 0.741.